The van der Waals surface area contributed by atoms with Crippen LogP contribution in [0.2, 0.25) is 0 Å². The van der Waals surface area contributed by atoms with Gasteiger partial charge in [-0.25, -0.2) is 0 Å². The normalized spacial score (nSPS) is 20.8. The Hall–Kier alpha value is -1.04. The predicted octanol–water partition coefficient (Wildman–Crippen LogP) is 3.64. The molecule has 0 nitrogen and oxygen atoms in total. The Morgan fingerprint density at radius 2 is 2.42 bits per heavy atom. The van der Waals surface area contributed by atoms with E-state index in [4.69, 9.17) is 0 Å². The molecule has 12 heavy (non-hydrogen) atoms. The van der Waals surface area contributed by atoms with Gasteiger partial charge in [-0.05, 0) is 19.8 Å². The minimum atomic E-state index is 0.584. The van der Waals surface area contributed by atoms with E-state index in [9.17, 15) is 0 Å². The van der Waals surface area contributed by atoms with Crippen LogP contribution in [0.5, 0.6) is 0 Å². The zero-order chi connectivity index (χ0) is 8.97. The summed E-state index contributed by atoms with van der Waals surface area (Å²) in [5, 5.41) is 0. The van der Waals surface area contributed by atoms with E-state index in [-0.39, 0.29) is 0 Å². The van der Waals surface area contributed by atoms with E-state index in [1.54, 1.807) is 0 Å². The van der Waals surface area contributed by atoms with Crippen molar-refractivity contribution in [1.29, 1.82) is 0 Å². The molecule has 0 bridgehead atoms. The van der Waals surface area contributed by atoms with Crippen LogP contribution in [0.3, 0.4) is 0 Å². The Balaban J connectivity index is 2.54. The van der Waals surface area contributed by atoms with E-state index in [1.807, 2.05) is 6.08 Å². The van der Waals surface area contributed by atoms with Crippen molar-refractivity contribution < 1.29 is 0 Å². The van der Waals surface area contributed by atoms with Crippen LogP contribution in [0.15, 0.2) is 48.6 Å². The van der Waals surface area contributed by atoms with Gasteiger partial charge in [0.1, 0.15) is 0 Å². The van der Waals surface area contributed by atoms with Crippen molar-refractivity contribution in [1.82, 2.24) is 0 Å². The molecule has 1 rings (SSSR count). The van der Waals surface area contributed by atoms with Crippen LogP contribution in [0.25, 0.3) is 0 Å². The molecular formula is C12H16. The zero-order valence-electron chi connectivity index (χ0n) is 7.72. The molecule has 1 aliphatic rings. The second kappa shape index (κ2) is 4.10. The molecule has 1 aliphatic carbocycles. The summed E-state index contributed by atoms with van der Waals surface area (Å²) in [5.74, 6) is 0.584. The largest absolute Gasteiger partial charge is 0.103 e. The molecule has 0 heterocycles. The van der Waals surface area contributed by atoms with Crippen molar-refractivity contribution in [3.05, 3.63) is 48.6 Å². The summed E-state index contributed by atoms with van der Waals surface area (Å²) in [6.07, 6.45) is 10.6. The van der Waals surface area contributed by atoms with Gasteiger partial charge in [-0.15, -0.1) is 13.2 Å². The standard InChI is InChI=1S/C12H16/c1-4-6-11-7-5-8-12(11)9-10(2)3/h4-5,7-8,12H,1-2,6,9H2,3H3/t12-/m1/s1. The maximum atomic E-state index is 3.93. The van der Waals surface area contributed by atoms with Gasteiger partial charge in [-0.1, -0.05) is 35.5 Å². The second-order valence-corrected chi connectivity index (χ2v) is 3.39. The average molecular weight is 160 g/mol. The summed E-state index contributed by atoms with van der Waals surface area (Å²) in [6, 6.07) is 0. The molecule has 0 spiro atoms. The van der Waals surface area contributed by atoms with Crippen molar-refractivity contribution in [2.45, 2.75) is 19.8 Å². The van der Waals surface area contributed by atoms with Gasteiger partial charge in [-0.2, -0.15) is 0 Å². The van der Waals surface area contributed by atoms with Crippen LogP contribution in [-0.2, 0) is 0 Å². The maximum absolute atomic E-state index is 3.93. The van der Waals surface area contributed by atoms with Crippen LogP contribution in [0.1, 0.15) is 19.8 Å². The molecule has 0 aromatic heterocycles. The number of rotatable bonds is 4. The fraction of sp³-hybridized carbons (Fsp3) is 0.333. The van der Waals surface area contributed by atoms with Gasteiger partial charge >= 0.3 is 0 Å². The highest BCUT2D eigenvalue weighted by molar-refractivity contribution is 5.30. The molecular weight excluding hydrogens is 144 g/mol. The van der Waals surface area contributed by atoms with Gasteiger partial charge < -0.3 is 0 Å². The number of hydrogen-bond acceptors (Lipinski definition) is 0. The summed E-state index contributed by atoms with van der Waals surface area (Å²) in [5.41, 5.74) is 2.72. The minimum absolute atomic E-state index is 0.584. The fourth-order valence-electron chi connectivity index (χ4n) is 1.52. The molecule has 0 saturated heterocycles. The van der Waals surface area contributed by atoms with E-state index in [1.165, 1.54) is 11.1 Å². The van der Waals surface area contributed by atoms with Crippen LogP contribution in [0, 0.1) is 5.92 Å². The van der Waals surface area contributed by atoms with E-state index >= 15 is 0 Å². The summed E-state index contributed by atoms with van der Waals surface area (Å²) in [4.78, 5) is 0. The first kappa shape index (κ1) is 9.05. The summed E-state index contributed by atoms with van der Waals surface area (Å²) in [7, 11) is 0. The Morgan fingerprint density at radius 1 is 1.67 bits per heavy atom. The van der Waals surface area contributed by atoms with Gasteiger partial charge in [0.2, 0.25) is 0 Å². The quantitative estimate of drug-likeness (QED) is 0.551. The van der Waals surface area contributed by atoms with Gasteiger partial charge in [0.15, 0.2) is 0 Å². The molecule has 0 amide bonds. The summed E-state index contributed by atoms with van der Waals surface area (Å²) < 4.78 is 0. The topological polar surface area (TPSA) is 0 Å². The van der Waals surface area contributed by atoms with Gasteiger partial charge in [0.05, 0.1) is 0 Å². The first-order valence-electron chi connectivity index (χ1n) is 4.36. The predicted molar refractivity (Wildman–Crippen MR) is 55.0 cm³/mol. The second-order valence-electron chi connectivity index (χ2n) is 3.39. The van der Waals surface area contributed by atoms with Gasteiger partial charge in [-0.3, -0.25) is 0 Å². The Morgan fingerprint density at radius 3 is 3.00 bits per heavy atom. The highest BCUT2D eigenvalue weighted by Crippen LogP contribution is 2.27. The van der Waals surface area contributed by atoms with Crippen LogP contribution in [-0.4, -0.2) is 0 Å². The average Bonchev–Trinajstić information content (AvgIpc) is 2.37. The lowest BCUT2D eigenvalue weighted by molar-refractivity contribution is 0.742. The number of allylic oxidation sites excluding steroid dienone is 6. The lowest BCUT2D eigenvalue weighted by atomic mass is 9.94. The Bertz CT molecular complexity index is 241. The number of hydrogen-bond donors (Lipinski definition) is 0. The molecule has 0 aliphatic heterocycles. The molecule has 0 fully saturated rings. The van der Waals surface area contributed by atoms with Crippen LogP contribution < -0.4 is 0 Å². The molecule has 64 valence electrons. The molecule has 0 saturated carbocycles. The molecule has 0 N–H and O–H groups in total. The van der Waals surface area contributed by atoms with Crippen molar-refractivity contribution in [2.75, 3.05) is 0 Å². The lowest BCUT2D eigenvalue weighted by Gasteiger charge is -2.11. The Kier molecular flexibility index (Phi) is 3.09. The SMILES string of the molecule is C=CCC1=CC=C[C@@H]1CC(=C)C. The first-order valence-corrected chi connectivity index (χ1v) is 4.36. The molecule has 0 heteroatoms. The molecule has 0 aromatic carbocycles. The van der Waals surface area contributed by atoms with Crippen molar-refractivity contribution in [3.8, 4) is 0 Å². The Labute approximate surface area is 75.0 Å². The monoisotopic (exact) mass is 160 g/mol. The van der Waals surface area contributed by atoms with Crippen molar-refractivity contribution in [2.24, 2.45) is 5.92 Å². The summed E-state index contributed by atoms with van der Waals surface area (Å²) in [6.45, 7) is 9.75. The van der Waals surface area contributed by atoms with Crippen molar-refractivity contribution in [3.63, 3.8) is 0 Å². The first-order chi connectivity index (χ1) is 5.74. The minimum Gasteiger partial charge on any atom is -0.103 e. The molecule has 1 atom stereocenters. The molecule has 0 radical (unpaired) electrons. The third-order valence-electron chi connectivity index (χ3n) is 2.08. The van der Waals surface area contributed by atoms with Crippen molar-refractivity contribution >= 4 is 0 Å². The molecule has 0 aromatic rings. The summed E-state index contributed by atoms with van der Waals surface area (Å²) >= 11 is 0. The van der Waals surface area contributed by atoms with E-state index in [2.05, 4.69) is 38.3 Å². The zero-order valence-corrected chi connectivity index (χ0v) is 7.72. The van der Waals surface area contributed by atoms with Crippen LogP contribution in [0.4, 0.5) is 0 Å². The van der Waals surface area contributed by atoms with E-state index in [0.717, 1.165) is 12.8 Å². The third kappa shape index (κ3) is 2.23. The van der Waals surface area contributed by atoms with Gasteiger partial charge in [0, 0.05) is 5.92 Å². The molecule has 0 unspecified atom stereocenters. The van der Waals surface area contributed by atoms with E-state index in [0.29, 0.717) is 5.92 Å². The third-order valence-corrected chi connectivity index (χ3v) is 2.08. The maximum Gasteiger partial charge on any atom is 0.00230 e. The lowest BCUT2D eigenvalue weighted by Crippen LogP contribution is -1.97. The van der Waals surface area contributed by atoms with Gasteiger partial charge in [0.25, 0.3) is 0 Å². The highest BCUT2D eigenvalue weighted by atomic mass is 14.2. The van der Waals surface area contributed by atoms with Crippen LogP contribution >= 0.6 is 0 Å². The van der Waals surface area contributed by atoms with E-state index < -0.39 is 0 Å². The highest BCUT2D eigenvalue weighted by Gasteiger charge is 2.12. The smallest absolute Gasteiger partial charge is 0.00230 e. The fourth-order valence-corrected chi connectivity index (χ4v) is 1.52.